The highest BCUT2D eigenvalue weighted by molar-refractivity contribution is 7.87. The fourth-order valence-corrected chi connectivity index (χ4v) is 1.31. The maximum atomic E-state index is 11.0. The van der Waals surface area contributed by atoms with Crippen LogP contribution in [0.15, 0.2) is 24.3 Å². The molecule has 5 heteroatoms. The second kappa shape index (κ2) is 4.11. The van der Waals surface area contributed by atoms with E-state index in [0.717, 1.165) is 0 Å². The van der Waals surface area contributed by atoms with Gasteiger partial charge in [-0.05, 0) is 31.2 Å². The van der Waals surface area contributed by atoms with Crippen LogP contribution in [0.25, 0.3) is 0 Å². The number of rotatable bonds is 3. The molecule has 0 aliphatic heterocycles. The van der Waals surface area contributed by atoms with Gasteiger partial charge in [0.25, 0.3) is 0 Å². The molecule has 0 radical (unpaired) electrons. The van der Waals surface area contributed by atoms with Crippen molar-refractivity contribution in [2.75, 3.05) is 5.75 Å². The first-order valence-electron chi connectivity index (χ1n) is 3.99. The van der Waals surface area contributed by atoms with Gasteiger partial charge in [-0.3, -0.25) is 0 Å². The van der Waals surface area contributed by atoms with Gasteiger partial charge in [-0.1, -0.05) is 0 Å². The fourth-order valence-electron chi connectivity index (χ4n) is 0.791. The van der Waals surface area contributed by atoms with Gasteiger partial charge in [0, 0.05) is 0 Å². The minimum absolute atomic E-state index is 0.0764. The second-order valence-corrected chi connectivity index (χ2v) is 4.43. The normalized spacial score (nSPS) is 10.6. The first-order valence-corrected chi connectivity index (χ1v) is 5.57. The summed E-state index contributed by atoms with van der Waals surface area (Å²) in [6.07, 6.45) is 0. The lowest BCUT2D eigenvalue weighted by molar-refractivity contribution is 0.487. The zero-order chi connectivity index (χ0) is 10.6. The summed E-state index contributed by atoms with van der Waals surface area (Å²) in [4.78, 5) is 0. The smallest absolute Gasteiger partial charge is 0.308 e. The minimum atomic E-state index is -3.48. The number of hydrogen-bond donors (Lipinski definition) is 0. The van der Waals surface area contributed by atoms with Crippen molar-refractivity contribution >= 4 is 10.1 Å². The third kappa shape index (κ3) is 2.75. The maximum absolute atomic E-state index is 11.0. The molecule has 1 aromatic rings. The molecule has 0 bridgehead atoms. The van der Waals surface area contributed by atoms with E-state index >= 15 is 0 Å². The first kappa shape index (κ1) is 10.5. The van der Waals surface area contributed by atoms with E-state index in [-0.39, 0.29) is 11.5 Å². The summed E-state index contributed by atoms with van der Waals surface area (Å²) >= 11 is 0. The molecule has 14 heavy (non-hydrogen) atoms. The van der Waals surface area contributed by atoms with Gasteiger partial charge in [0.2, 0.25) is 0 Å². The molecular weight excluding hydrogens is 202 g/mol. The van der Waals surface area contributed by atoms with Crippen LogP contribution in [0, 0.1) is 11.3 Å². The van der Waals surface area contributed by atoms with Gasteiger partial charge in [-0.25, -0.2) is 0 Å². The van der Waals surface area contributed by atoms with Crippen LogP contribution in [0.1, 0.15) is 12.5 Å². The van der Waals surface area contributed by atoms with Gasteiger partial charge in [0.1, 0.15) is 5.75 Å². The molecule has 0 spiro atoms. The van der Waals surface area contributed by atoms with Crippen LogP contribution in [0.4, 0.5) is 0 Å². The van der Waals surface area contributed by atoms with E-state index in [1.807, 2.05) is 6.07 Å². The maximum Gasteiger partial charge on any atom is 0.308 e. The number of hydrogen-bond acceptors (Lipinski definition) is 4. The van der Waals surface area contributed by atoms with E-state index in [4.69, 9.17) is 9.44 Å². The molecule has 0 saturated carbocycles. The monoisotopic (exact) mass is 211 g/mol. The van der Waals surface area contributed by atoms with Gasteiger partial charge in [-0.2, -0.15) is 13.7 Å². The summed E-state index contributed by atoms with van der Waals surface area (Å²) in [6, 6.07) is 7.83. The van der Waals surface area contributed by atoms with Crippen LogP contribution in [-0.4, -0.2) is 14.2 Å². The molecule has 0 aliphatic carbocycles. The highest BCUT2D eigenvalue weighted by Crippen LogP contribution is 2.13. The Morgan fingerprint density at radius 1 is 1.36 bits per heavy atom. The molecule has 0 aromatic heterocycles. The van der Waals surface area contributed by atoms with Gasteiger partial charge in [0.05, 0.1) is 17.4 Å². The van der Waals surface area contributed by atoms with E-state index in [1.165, 1.54) is 31.2 Å². The molecule has 0 fully saturated rings. The molecule has 1 aromatic carbocycles. The molecule has 0 aliphatic rings. The Morgan fingerprint density at radius 2 is 1.93 bits per heavy atom. The molecule has 0 atom stereocenters. The van der Waals surface area contributed by atoms with E-state index in [1.54, 1.807) is 0 Å². The van der Waals surface area contributed by atoms with Gasteiger partial charge in [0.15, 0.2) is 0 Å². The van der Waals surface area contributed by atoms with Crippen molar-refractivity contribution in [1.82, 2.24) is 0 Å². The molecule has 0 N–H and O–H groups in total. The summed E-state index contributed by atoms with van der Waals surface area (Å²) in [5, 5.41) is 8.50. The lowest BCUT2D eigenvalue weighted by atomic mass is 10.2. The Hall–Kier alpha value is -1.54. The lowest BCUT2D eigenvalue weighted by Gasteiger charge is -2.03. The van der Waals surface area contributed by atoms with Crippen molar-refractivity contribution in [3.05, 3.63) is 29.8 Å². The molecule has 0 heterocycles. The zero-order valence-corrected chi connectivity index (χ0v) is 8.41. The Labute approximate surface area is 82.9 Å². The average Bonchev–Trinajstić information content (AvgIpc) is 2.19. The largest absolute Gasteiger partial charge is 0.382 e. The molecular formula is C9H9NO3S. The van der Waals surface area contributed by atoms with E-state index in [0.29, 0.717) is 5.56 Å². The topological polar surface area (TPSA) is 67.2 Å². The van der Waals surface area contributed by atoms with Gasteiger partial charge in [-0.15, -0.1) is 0 Å². The fraction of sp³-hybridized carbons (Fsp3) is 0.222. The Balaban J connectivity index is 2.86. The summed E-state index contributed by atoms with van der Waals surface area (Å²) in [6.45, 7) is 1.50. The molecule has 0 saturated heterocycles. The van der Waals surface area contributed by atoms with Crippen molar-refractivity contribution in [2.45, 2.75) is 6.92 Å². The molecule has 0 unspecified atom stereocenters. The summed E-state index contributed by atoms with van der Waals surface area (Å²) in [5.41, 5.74) is 0.464. The van der Waals surface area contributed by atoms with Crippen LogP contribution >= 0.6 is 0 Å². The predicted molar refractivity (Wildman–Crippen MR) is 51.2 cm³/mol. The van der Waals surface area contributed by atoms with Crippen molar-refractivity contribution in [3.63, 3.8) is 0 Å². The number of nitriles is 1. The SMILES string of the molecule is CCS(=O)(=O)Oc1ccc(C#N)cc1. The van der Waals surface area contributed by atoms with Gasteiger partial charge < -0.3 is 4.18 Å². The van der Waals surface area contributed by atoms with Crippen LogP contribution in [0.2, 0.25) is 0 Å². The summed E-state index contributed by atoms with van der Waals surface area (Å²) < 4.78 is 26.8. The van der Waals surface area contributed by atoms with Crippen LogP contribution < -0.4 is 4.18 Å². The summed E-state index contributed by atoms with van der Waals surface area (Å²) in [7, 11) is -3.48. The van der Waals surface area contributed by atoms with Gasteiger partial charge >= 0.3 is 10.1 Å². The highest BCUT2D eigenvalue weighted by Gasteiger charge is 2.08. The van der Waals surface area contributed by atoms with Crippen molar-refractivity contribution in [2.24, 2.45) is 0 Å². The standard InChI is InChI=1S/C9H9NO3S/c1-2-14(11,12)13-9-5-3-8(7-10)4-6-9/h3-6H,2H2,1H3. The van der Waals surface area contributed by atoms with Crippen LogP contribution in [0.3, 0.4) is 0 Å². The third-order valence-corrected chi connectivity index (χ3v) is 2.71. The second-order valence-electron chi connectivity index (χ2n) is 2.57. The molecule has 0 amide bonds. The average molecular weight is 211 g/mol. The van der Waals surface area contributed by atoms with E-state index in [2.05, 4.69) is 0 Å². The van der Waals surface area contributed by atoms with Crippen LogP contribution in [-0.2, 0) is 10.1 Å². The van der Waals surface area contributed by atoms with Crippen LogP contribution in [0.5, 0.6) is 5.75 Å². The Morgan fingerprint density at radius 3 is 2.36 bits per heavy atom. The Kier molecular flexibility index (Phi) is 3.10. The lowest BCUT2D eigenvalue weighted by Crippen LogP contribution is -2.11. The van der Waals surface area contributed by atoms with E-state index in [9.17, 15) is 8.42 Å². The van der Waals surface area contributed by atoms with E-state index < -0.39 is 10.1 Å². The number of benzene rings is 1. The number of nitrogens with zero attached hydrogens (tertiary/aromatic N) is 1. The van der Waals surface area contributed by atoms with Crippen molar-refractivity contribution < 1.29 is 12.6 Å². The van der Waals surface area contributed by atoms with Crippen molar-refractivity contribution in [1.29, 1.82) is 5.26 Å². The van der Waals surface area contributed by atoms with Crippen molar-refractivity contribution in [3.8, 4) is 11.8 Å². The molecule has 1 rings (SSSR count). The molecule has 74 valence electrons. The highest BCUT2D eigenvalue weighted by atomic mass is 32.2. The zero-order valence-electron chi connectivity index (χ0n) is 7.60. The quantitative estimate of drug-likeness (QED) is 0.706. The Bertz CT molecular complexity index is 442. The summed E-state index contributed by atoms with van der Waals surface area (Å²) in [5.74, 6) is 0.151. The third-order valence-electron chi connectivity index (χ3n) is 1.56. The first-order chi connectivity index (χ1) is 6.57. The minimum Gasteiger partial charge on any atom is -0.382 e. The predicted octanol–water partition coefficient (Wildman–Crippen LogP) is 1.29. The molecule has 4 nitrogen and oxygen atoms in total.